The van der Waals surface area contributed by atoms with Crippen LogP contribution in [0.1, 0.15) is 32.3 Å². The maximum atomic E-state index is 12.7. The number of hydrogen-bond donors (Lipinski definition) is 2. The number of quaternary nitrogens is 1. The molecule has 2 aromatic rings. The molecule has 1 aliphatic rings. The molecule has 1 aliphatic heterocycles. The second-order valence-electron chi connectivity index (χ2n) is 7.83. The van der Waals surface area contributed by atoms with Gasteiger partial charge < -0.3 is 19.9 Å². The van der Waals surface area contributed by atoms with Crippen LogP contribution < -0.4 is 19.9 Å². The Balaban J connectivity index is 1.53. The SMILES string of the molecule is COc1cccc(N2CC[NH+]([C@H](C)C(=O)Nc3ccc(C(C)C)cc3)CC2)c1. The van der Waals surface area contributed by atoms with Gasteiger partial charge in [0.2, 0.25) is 0 Å². The first-order valence-corrected chi connectivity index (χ1v) is 10.1. The highest BCUT2D eigenvalue weighted by atomic mass is 16.5. The normalized spacial score (nSPS) is 16.1. The van der Waals surface area contributed by atoms with Crippen LogP contribution in [0.25, 0.3) is 0 Å². The third-order valence-electron chi connectivity index (χ3n) is 5.67. The van der Waals surface area contributed by atoms with Crippen molar-refractivity contribution in [1.82, 2.24) is 0 Å². The van der Waals surface area contributed by atoms with Crippen molar-refractivity contribution in [2.75, 3.05) is 43.5 Å². The lowest BCUT2D eigenvalue weighted by Gasteiger charge is -2.36. The summed E-state index contributed by atoms with van der Waals surface area (Å²) in [6, 6.07) is 16.3. The summed E-state index contributed by atoms with van der Waals surface area (Å²) in [6.07, 6.45) is 0. The molecule has 0 radical (unpaired) electrons. The topological polar surface area (TPSA) is 46.0 Å². The summed E-state index contributed by atoms with van der Waals surface area (Å²) >= 11 is 0. The van der Waals surface area contributed by atoms with Crippen molar-refractivity contribution in [3.63, 3.8) is 0 Å². The van der Waals surface area contributed by atoms with Crippen LogP contribution in [0.3, 0.4) is 0 Å². The number of carbonyl (C=O) groups is 1. The molecule has 0 aliphatic carbocycles. The molecule has 2 N–H and O–H groups in total. The molecule has 5 nitrogen and oxygen atoms in total. The lowest BCUT2D eigenvalue weighted by molar-refractivity contribution is -0.914. The molecule has 28 heavy (non-hydrogen) atoms. The van der Waals surface area contributed by atoms with E-state index >= 15 is 0 Å². The molecule has 1 fully saturated rings. The van der Waals surface area contributed by atoms with Crippen LogP contribution in [-0.2, 0) is 4.79 Å². The second kappa shape index (κ2) is 9.11. The van der Waals surface area contributed by atoms with Gasteiger partial charge in [-0.25, -0.2) is 0 Å². The fourth-order valence-electron chi connectivity index (χ4n) is 3.68. The van der Waals surface area contributed by atoms with Crippen molar-refractivity contribution in [2.45, 2.75) is 32.7 Å². The minimum atomic E-state index is -0.0720. The van der Waals surface area contributed by atoms with Gasteiger partial charge in [0, 0.05) is 17.4 Å². The quantitative estimate of drug-likeness (QED) is 0.807. The van der Waals surface area contributed by atoms with Crippen LogP contribution in [-0.4, -0.2) is 45.2 Å². The van der Waals surface area contributed by atoms with Gasteiger partial charge in [-0.2, -0.15) is 0 Å². The van der Waals surface area contributed by atoms with Gasteiger partial charge in [-0.1, -0.05) is 32.0 Å². The standard InChI is InChI=1S/C23H31N3O2/c1-17(2)19-8-10-20(11-9-19)24-23(27)18(3)25-12-14-26(15-13-25)21-6-5-7-22(16-21)28-4/h5-11,16-18H,12-15H2,1-4H3,(H,24,27)/p+1/t18-/m1/s1. The molecular weight excluding hydrogens is 350 g/mol. The molecule has 0 unspecified atom stereocenters. The van der Waals surface area contributed by atoms with E-state index in [0.29, 0.717) is 5.92 Å². The number of rotatable bonds is 6. The minimum Gasteiger partial charge on any atom is -0.497 e. The number of nitrogens with zero attached hydrogens (tertiary/aromatic N) is 1. The number of amides is 1. The number of ether oxygens (including phenoxy) is 1. The lowest BCUT2D eigenvalue weighted by atomic mass is 10.0. The molecule has 0 bridgehead atoms. The number of hydrogen-bond acceptors (Lipinski definition) is 3. The molecule has 1 atom stereocenters. The van der Waals surface area contributed by atoms with Crippen LogP contribution in [0.15, 0.2) is 48.5 Å². The fraction of sp³-hybridized carbons (Fsp3) is 0.435. The summed E-state index contributed by atoms with van der Waals surface area (Å²) in [5, 5.41) is 3.07. The first-order chi connectivity index (χ1) is 13.5. The molecule has 5 heteroatoms. The van der Waals surface area contributed by atoms with E-state index in [0.717, 1.165) is 37.6 Å². The monoisotopic (exact) mass is 382 g/mol. The van der Waals surface area contributed by atoms with E-state index in [1.54, 1.807) is 7.11 Å². The Kier molecular flexibility index (Phi) is 6.57. The van der Waals surface area contributed by atoms with Gasteiger partial charge in [0.25, 0.3) is 5.91 Å². The van der Waals surface area contributed by atoms with E-state index in [4.69, 9.17) is 4.74 Å². The first-order valence-electron chi connectivity index (χ1n) is 10.1. The Morgan fingerprint density at radius 1 is 1.07 bits per heavy atom. The van der Waals surface area contributed by atoms with Gasteiger partial charge in [-0.15, -0.1) is 0 Å². The van der Waals surface area contributed by atoms with E-state index in [-0.39, 0.29) is 11.9 Å². The van der Waals surface area contributed by atoms with E-state index < -0.39 is 0 Å². The van der Waals surface area contributed by atoms with E-state index in [1.165, 1.54) is 16.2 Å². The first kappa shape index (κ1) is 20.2. The van der Waals surface area contributed by atoms with Gasteiger partial charge >= 0.3 is 0 Å². The van der Waals surface area contributed by atoms with Crippen LogP contribution in [0.2, 0.25) is 0 Å². The average Bonchev–Trinajstić information content (AvgIpc) is 2.73. The third kappa shape index (κ3) is 4.84. The molecule has 0 saturated carbocycles. The molecule has 2 aromatic carbocycles. The molecule has 0 spiro atoms. The van der Waals surface area contributed by atoms with Gasteiger partial charge in [0.05, 0.1) is 33.3 Å². The molecule has 1 saturated heterocycles. The summed E-state index contributed by atoms with van der Waals surface area (Å²) in [5.41, 5.74) is 3.33. The third-order valence-corrected chi connectivity index (χ3v) is 5.67. The van der Waals surface area contributed by atoms with Crippen LogP contribution in [0.5, 0.6) is 5.75 Å². The van der Waals surface area contributed by atoms with Crippen molar-refractivity contribution in [1.29, 1.82) is 0 Å². The van der Waals surface area contributed by atoms with E-state index in [9.17, 15) is 4.79 Å². The lowest BCUT2D eigenvalue weighted by Crippen LogP contribution is -3.19. The number of nitrogens with one attached hydrogen (secondary N) is 2. The Hall–Kier alpha value is -2.53. The van der Waals surface area contributed by atoms with Gasteiger partial charge in [-0.05, 0) is 42.7 Å². The highest BCUT2D eigenvalue weighted by Gasteiger charge is 2.29. The highest BCUT2D eigenvalue weighted by Crippen LogP contribution is 2.21. The van der Waals surface area contributed by atoms with Crippen molar-refractivity contribution in [3.8, 4) is 5.75 Å². The van der Waals surface area contributed by atoms with Crippen LogP contribution in [0, 0.1) is 0 Å². The molecule has 1 heterocycles. The summed E-state index contributed by atoms with van der Waals surface area (Å²) in [6.45, 7) is 10.1. The molecule has 1 amide bonds. The maximum Gasteiger partial charge on any atom is 0.282 e. The van der Waals surface area contributed by atoms with E-state index in [2.05, 4.69) is 48.3 Å². The zero-order valence-corrected chi connectivity index (χ0v) is 17.4. The Morgan fingerprint density at radius 2 is 1.75 bits per heavy atom. The van der Waals surface area contributed by atoms with Crippen molar-refractivity contribution in [2.24, 2.45) is 0 Å². The number of anilines is 2. The molecule has 0 aromatic heterocycles. The van der Waals surface area contributed by atoms with Crippen molar-refractivity contribution < 1.29 is 14.4 Å². The van der Waals surface area contributed by atoms with Gasteiger partial charge in [0.15, 0.2) is 6.04 Å². The number of carbonyl (C=O) groups excluding carboxylic acids is 1. The Morgan fingerprint density at radius 3 is 2.36 bits per heavy atom. The number of methoxy groups -OCH3 is 1. The van der Waals surface area contributed by atoms with E-state index in [1.807, 2.05) is 31.2 Å². The van der Waals surface area contributed by atoms with Crippen molar-refractivity contribution in [3.05, 3.63) is 54.1 Å². The van der Waals surface area contributed by atoms with Gasteiger partial charge in [-0.3, -0.25) is 4.79 Å². The summed E-state index contributed by atoms with van der Waals surface area (Å²) < 4.78 is 5.33. The zero-order valence-electron chi connectivity index (χ0n) is 17.4. The Labute approximate surface area is 168 Å². The number of piperazine rings is 1. The van der Waals surface area contributed by atoms with Gasteiger partial charge in [0.1, 0.15) is 5.75 Å². The van der Waals surface area contributed by atoms with Crippen molar-refractivity contribution >= 4 is 17.3 Å². The summed E-state index contributed by atoms with van der Waals surface area (Å²) in [7, 11) is 1.69. The molecule has 3 rings (SSSR count). The summed E-state index contributed by atoms with van der Waals surface area (Å²) in [5.74, 6) is 1.46. The predicted octanol–water partition coefficient (Wildman–Crippen LogP) is 2.55. The smallest absolute Gasteiger partial charge is 0.282 e. The molecule has 150 valence electrons. The number of benzene rings is 2. The van der Waals surface area contributed by atoms with Crippen LogP contribution >= 0.6 is 0 Å². The average molecular weight is 383 g/mol. The highest BCUT2D eigenvalue weighted by molar-refractivity contribution is 5.93. The predicted molar refractivity (Wildman–Crippen MR) is 115 cm³/mol. The summed E-state index contributed by atoms with van der Waals surface area (Å²) in [4.78, 5) is 16.4. The molecular formula is C23H32N3O2+. The Bertz CT molecular complexity index is 781. The largest absolute Gasteiger partial charge is 0.497 e. The minimum absolute atomic E-state index is 0.0720. The van der Waals surface area contributed by atoms with Crippen LogP contribution in [0.4, 0.5) is 11.4 Å². The fourth-order valence-corrected chi connectivity index (χ4v) is 3.68. The second-order valence-corrected chi connectivity index (χ2v) is 7.83. The zero-order chi connectivity index (χ0) is 20.1. The maximum absolute atomic E-state index is 12.7.